The predicted molar refractivity (Wildman–Crippen MR) is 95.3 cm³/mol. The van der Waals surface area contributed by atoms with Gasteiger partial charge < -0.3 is 10.6 Å². The Hall–Kier alpha value is -1.80. The molecule has 0 fully saturated rings. The molecule has 0 aromatic heterocycles. The van der Waals surface area contributed by atoms with Crippen molar-refractivity contribution in [3.05, 3.63) is 71.6 Å². The monoisotopic (exact) mass is 296 g/mol. The summed E-state index contributed by atoms with van der Waals surface area (Å²) in [5.41, 5.74) is 11.1. The second kappa shape index (κ2) is 6.97. The lowest BCUT2D eigenvalue weighted by Crippen LogP contribution is -2.43. The van der Waals surface area contributed by atoms with Gasteiger partial charge in [0.05, 0.1) is 0 Å². The van der Waals surface area contributed by atoms with E-state index in [1.165, 1.54) is 16.8 Å². The minimum absolute atomic E-state index is 0.214. The quantitative estimate of drug-likeness (QED) is 0.842. The molecule has 0 atom stereocenters. The van der Waals surface area contributed by atoms with Crippen LogP contribution in [0.3, 0.4) is 0 Å². The molecule has 1 aromatic carbocycles. The molecule has 0 aliphatic carbocycles. The fraction of sp³-hybridized carbons (Fsp3) is 0.400. The third-order valence-corrected chi connectivity index (χ3v) is 3.90. The van der Waals surface area contributed by atoms with Crippen LogP contribution in [0.15, 0.2) is 66.0 Å². The Balaban J connectivity index is 2.10. The molecular weight excluding hydrogens is 268 g/mol. The van der Waals surface area contributed by atoms with Gasteiger partial charge in [-0.25, -0.2) is 0 Å². The van der Waals surface area contributed by atoms with Gasteiger partial charge in [0, 0.05) is 24.0 Å². The SMILES string of the molecule is C=C1C=C(CC)N(CC(C)(C)N)C=C1CCc1ccccc1. The van der Waals surface area contributed by atoms with Gasteiger partial charge in [0.1, 0.15) is 0 Å². The first-order valence-electron chi connectivity index (χ1n) is 8.09. The van der Waals surface area contributed by atoms with Crippen LogP contribution >= 0.6 is 0 Å². The van der Waals surface area contributed by atoms with Crippen LogP contribution in [0.2, 0.25) is 0 Å². The second-order valence-electron chi connectivity index (χ2n) is 6.77. The minimum Gasteiger partial charge on any atom is -0.349 e. The maximum atomic E-state index is 6.21. The molecule has 1 aliphatic rings. The van der Waals surface area contributed by atoms with Crippen LogP contribution in [0.5, 0.6) is 0 Å². The number of rotatable bonds is 6. The molecule has 0 saturated carbocycles. The van der Waals surface area contributed by atoms with Crippen LogP contribution < -0.4 is 5.73 Å². The Bertz CT molecular complexity index is 573. The van der Waals surface area contributed by atoms with Crippen molar-refractivity contribution in [3.8, 4) is 0 Å². The second-order valence-corrected chi connectivity index (χ2v) is 6.77. The number of benzene rings is 1. The molecule has 0 amide bonds. The van der Waals surface area contributed by atoms with Gasteiger partial charge in [-0.2, -0.15) is 0 Å². The molecule has 0 radical (unpaired) electrons. The maximum absolute atomic E-state index is 6.21. The average Bonchev–Trinajstić information content (AvgIpc) is 2.47. The van der Waals surface area contributed by atoms with E-state index in [0.717, 1.165) is 31.4 Å². The summed E-state index contributed by atoms with van der Waals surface area (Å²) in [6, 6.07) is 10.6. The third kappa shape index (κ3) is 4.60. The number of hydrogen-bond acceptors (Lipinski definition) is 2. The van der Waals surface area contributed by atoms with Crippen molar-refractivity contribution in [2.45, 2.75) is 45.6 Å². The summed E-state index contributed by atoms with van der Waals surface area (Å²) in [4.78, 5) is 2.30. The first kappa shape index (κ1) is 16.6. The molecule has 0 unspecified atom stereocenters. The van der Waals surface area contributed by atoms with E-state index in [1.54, 1.807) is 0 Å². The van der Waals surface area contributed by atoms with Gasteiger partial charge in [-0.15, -0.1) is 0 Å². The van der Waals surface area contributed by atoms with Gasteiger partial charge in [-0.1, -0.05) is 43.8 Å². The lowest BCUT2D eigenvalue weighted by molar-refractivity contribution is 0.341. The normalized spacial score (nSPS) is 15.6. The fourth-order valence-corrected chi connectivity index (χ4v) is 2.77. The van der Waals surface area contributed by atoms with Crippen LogP contribution in [0.25, 0.3) is 0 Å². The Morgan fingerprint density at radius 2 is 1.82 bits per heavy atom. The van der Waals surface area contributed by atoms with Crippen molar-refractivity contribution in [2.24, 2.45) is 5.73 Å². The van der Waals surface area contributed by atoms with E-state index in [2.05, 4.69) is 74.9 Å². The van der Waals surface area contributed by atoms with Crippen LogP contribution in [0, 0.1) is 0 Å². The van der Waals surface area contributed by atoms with E-state index in [0.29, 0.717) is 0 Å². The molecule has 118 valence electrons. The van der Waals surface area contributed by atoms with E-state index in [4.69, 9.17) is 5.73 Å². The van der Waals surface area contributed by atoms with Gasteiger partial charge in [0.15, 0.2) is 0 Å². The number of allylic oxidation sites excluding steroid dienone is 4. The topological polar surface area (TPSA) is 29.3 Å². The zero-order valence-electron chi connectivity index (χ0n) is 14.1. The highest BCUT2D eigenvalue weighted by Gasteiger charge is 2.20. The zero-order valence-corrected chi connectivity index (χ0v) is 14.1. The smallest absolute Gasteiger partial charge is 0.0397 e. The average molecular weight is 296 g/mol. The maximum Gasteiger partial charge on any atom is 0.0397 e. The van der Waals surface area contributed by atoms with E-state index in [9.17, 15) is 0 Å². The molecule has 1 heterocycles. The summed E-state index contributed by atoms with van der Waals surface area (Å²) in [5.74, 6) is 0. The van der Waals surface area contributed by atoms with Crippen LogP contribution in [0.4, 0.5) is 0 Å². The largest absolute Gasteiger partial charge is 0.349 e. The van der Waals surface area contributed by atoms with Crippen LogP contribution in [0.1, 0.15) is 39.2 Å². The van der Waals surface area contributed by atoms with Gasteiger partial charge in [0.2, 0.25) is 0 Å². The van der Waals surface area contributed by atoms with E-state index < -0.39 is 0 Å². The molecule has 1 aliphatic heterocycles. The minimum atomic E-state index is -0.214. The van der Waals surface area contributed by atoms with Crippen molar-refractivity contribution in [2.75, 3.05) is 6.54 Å². The van der Waals surface area contributed by atoms with Gasteiger partial charge in [0.25, 0.3) is 0 Å². The lowest BCUT2D eigenvalue weighted by atomic mass is 9.95. The standard InChI is InChI=1S/C20H28N2/c1-5-19-13-16(2)18(14-22(19)15-20(3,4)21)12-11-17-9-7-6-8-10-17/h6-10,13-14H,2,5,11-12,15,21H2,1,3-4H3. The molecular formula is C20H28N2. The van der Waals surface area contributed by atoms with Crippen molar-refractivity contribution < 1.29 is 0 Å². The summed E-state index contributed by atoms with van der Waals surface area (Å²) >= 11 is 0. The van der Waals surface area contributed by atoms with Crippen molar-refractivity contribution in [3.63, 3.8) is 0 Å². The summed E-state index contributed by atoms with van der Waals surface area (Å²) in [6.07, 6.45) is 7.51. The van der Waals surface area contributed by atoms with Crippen molar-refractivity contribution >= 4 is 0 Å². The lowest BCUT2D eigenvalue weighted by Gasteiger charge is -2.34. The van der Waals surface area contributed by atoms with Gasteiger partial charge >= 0.3 is 0 Å². The predicted octanol–water partition coefficient (Wildman–Crippen LogP) is 4.41. The molecule has 2 nitrogen and oxygen atoms in total. The van der Waals surface area contributed by atoms with E-state index in [1.807, 2.05) is 0 Å². The number of nitrogens with zero attached hydrogens (tertiary/aromatic N) is 1. The van der Waals surface area contributed by atoms with Crippen LogP contribution in [-0.4, -0.2) is 17.0 Å². The molecule has 0 bridgehead atoms. The fourth-order valence-electron chi connectivity index (χ4n) is 2.77. The first-order valence-corrected chi connectivity index (χ1v) is 8.09. The number of nitrogens with two attached hydrogens (primary N) is 1. The summed E-state index contributed by atoms with van der Waals surface area (Å²) in [6.45, 7) is 11.4. The van der Waals surface area contributed by atoms with E-state index >= 15 is 0 Å². The summed E-state index contributed by atoms with van der Waals surface area (Å²) in [7, 11) is 0. The Morgan fingerprint density at radius 3 is 2.41 bits per heavy atom. The number of hydrogen-bond donors (Lipinski definition) is 1. The van der Waals surface area contributed by atoms with E-state index in [-0.39, 0.29) is 5.54 Å². The zero-order chi connectivity index (χ0) is 16.2. The van der Waals surface area contributed by atoms with Gasteiger partial charge in [-0.3, -0.25) is 0 Å². The van der Waals surface area contributed by atoms with Crippen molar-refractivity contribution in [1.29, 1.82) is 0 Å². The Kier molecular flexibility index (Phi) is 5.25. The molecule has 22 heavy (non-hydrogen) atoms. The van der Waals surface area contributed by atoms with Gasteiger partial charge in [-0.05, 0) is 55.9 Å². The summed E-state index contributed by atoms with van der Waals surface area (Å²) < 4.78 is 0. The molecule has 2 heteroatoms. The van der Waals surface area contributed by atoms with Crippen LogP contribution in [-0.2, 0) is 6.42 Å². The highest BCUT2D eigenvalue weighted by molar-refractivity contribution is 5.43. The summed E-state index contributed by atoms with van der Waals surface area (Å²) in [5, 5.41) is 0. The molecule has 1 aromatic rings. The Labute approximate surface area is 135 Å². The highest BCUT2D eigenvalue weighted by Crippen LogP contribution is 2.28. The first-order chi connectivity index (χ1) is 10.4. The number of aryl methyl sites for hydroxylation is 1. The molecule has 0 saturated heterocycles. The molecule has 2 rings (SSSR count). The third-order valence-electron chi connectivity index (χ3n) is 3.90. The molecule has 0 spiro atoms. The highest BCUT2D eigenvalue weighted by atomic mass is 15.1. The molecule has 2 N–H and O–H groups in total. The van der Waals surface area contributed by atoms with Crippen molar-refractivity contribution in [1.82, 2.24) is 4.90 Å². The Morgan fingerprint density at radius 1 is 1.14 bits per heavy atom.